The summed E-state index contributed by atoms with van der Waals surface area (Å²) in [6.07, 6.45) is 5.86. The minimum absolute atomic E-state index is 0.00443. The normalized spacial score (nSPS) is 11.7. The van der Waals surface area contributed by atoms with E-state index in [1.807, 2.05) is 6.92 Å². The molecule has 0 aliphatic heterocycles. The van der Waals surface area contributed by atoms with E-state index in [0.717, 1.165) is 0 Å². The Hall–Kier alpha value is -1.01. The molecule has 11 heavy (non-hydrogen) atoms. The highest BCUT2D eigenvalue weighted by Gasteiger charge is 1.99. The zero-order chi connectivity index (χ0) is 8.69. The van der Waals surface area contributed by atoms with Crippen LogP contribution in [0.3, 0.4) is 0 Å². The first-order valence-corrected chi connectivity index (χ1v) is 3.62. The maximum Gasteiger partial charge on any atom is 0.221 e. The van der Waals surface area contributed by atoms with Gasteiger partial charge in [-0.05, 0) is 6.92 Å². The average molecular weight is 154 g/mol. The number of rotatable bonds is 4. The summed E-state index contributed by atoms with van der Waals surface area (Å²) in [5.41, 5.74) is 5.41. The number of hydrogen-bond donors (Lipinski definition) is 2. The molecule has 0 aliphatic rings. The first kappa shape index (κ1) is 9.99. The summed E-state index contributed by atoms with van der Waals surface area (Å²) in [5, 5.41) is 2.66. The third kappa shape index (κ3) is 6.88. The second-order valence-electron chi connectivity index (χ2n) is 2.49. The molecular weight excluding hydrogens is 140 g/mol. The molecule has 0 saturated heterocycles. The molecule has 0 aromatic heterocycles. The molecule has 0 heterocycles. The van der Waals surface area contributed by atoms with Gasteiger partial charge in [-0.1, -0.05) is 0 Å². The molecule has 0 rings (SSSR count). The van der Waals surface area contributed by atoms with Crippen molar-refractivity contribution in [2.45, 2.75) is 25.8 Å². The smallest absolute Gasteiger partial charge is 0.221 e. The number of nitrogens with one attached hydrogen (secondary N) is 1. The van der Waals surface area contributed by atoms with Gasteiger partial charge in [-0.2, -0.15) is 0 Å². The zero-order valence-electron chi connectivity index (χ0n) is 6.76. The van der Waals surface area contributed by atoms with Crippen LogP contribution in [-0.4, -0.2) is 18.5 Å². The van der Waals surface area contributed by atoms with Gasteiger partial charge in [-0.25, -0.2) is 0 Å². The van der Waals surface area contributed by atoms with Gasteiger partial charge >= 0.3 is 0 Å². The largest absolute Gasteiger partial charge is 0.355 e. The van der Waals surface area contributed by atoms with Crippen molar-refractivity contribution in [2.24, 2.45) is 5.73 Å². The molecule has 1 atom stereocenters. The van der Waals surface area contributed by atoms with Gasteiger partial charge in [0.2, 0.25) is 5.91 Å². The van der Waals surface area contributed by atoms with Crippen molar-refractivity contribution in [2.75, 3.05) is 6.54 Å². The van der Waals surface area contributed by atoms with E-state index in [1.165, 1.54) is 0 Å². The van der Waals surface area contributed by atoms with Crippen molar-refractivity contribution < 1.29 is 4.79 Å². The van der Waals surface area contributed by atoms with Crippen molar-refractivity contribution in [1.82, 2.24) is 5.32 Å². The maximum atomic E-state index is 10.8. The monoisotopic (exact) mass is 154 g/mol. The molecule has 3 heteroatoms. The fraction of sp³-hybridized carbons (Fsp3) is 0.625. The van der Waals surface area contributed by atoms with E-state index in [1.54, 1.807) is 0 Å². The van der Waals surface area contributed by atoms with Crippen LogP contribution < -0.4 is 11.1 Å². The SMILES string of the molecule is C#CCCC(=O)NCC(C)N. The Kier molecular flexibility index (Phi) is 5.22. The van der Waals surface area contributed by atoms with Crippen LogP contribution in [0.1, 0.15) is 19.8 Å². The lowest BCUT2D eigenvalue weighted by Crippen LogP contribution is -2.34. The van der Waals surface area contributed by atoms with Crippen LogP contribution >= 0.6 is 0 Å². The molecule has 3 nitrogen and oxygen atoms in total. The van der Waals surface area contributed by atoms with Gasteiger partial charge in [0.25, 0.3) is 0 Å². The number of terminal acetylenes is 1. The van der Waals surface area contributed by atoms with Gasteiger partial charge in [-0.15, -0.1) is 12.3 Å². The van der Waals surface area contributed by atoms with Crippen LogP contribution in [-0.2, 0) is 4.79 Å². The van der Waals surface area contributed by atoms with Crippen molar-refractivity contribution in [3.05, 3.63) is 0 Å². The summed E-state index contributed by atoms with van der Waals surface area (Å²) in [5.74, 6) is 2.37. The summed E-state index contributed by atoms with van der Waals surface area (Å²) in [7, 11) is 0. The highest BCUT2D eigenvalue weighted by molar-refractivity contribution is 5.76. The molecule has 3 N–H and O–H groups in total. The lowest BCUT2D eigenvalue weighted by atomic mass is 10.3. The minimum atomic E-state index is -0.0275. The highest BCUT2D eigenvalue weighted by atomic mass is 16.1. The lowest BCUT2D eigenvalue weighted by molar-refractivity contribution is -0.121. The van der Waals surface area contributed by atoms with Crippen LogP contribution in [0, 0.1) is 12.3 Å². The van der Waals surface area contributed by atoms with Gasteiger partial charge < -0.3 is 11.1 Å². The molecule has 0 aromatic carbocycles. The Balaban J connectivity index is 3.32. The molecule has 0 bridgehead atoms. The van der Waals surface area contributed by atoms with Gasteiger partial charge in [0.05, 0.1) is 0 Å². The van der Waals surface area contributed by atoms with Crippen LogP contribution in [0.2, 0.25) is 0 Å². The lowest BCUT2D eigenvalue weighted by Gasteiger charge is -2.05. The number of carbonyl (C=O) groups excluding carboxylic acids is 1. The van der Waals surface area contributed by atoms with Gasteiger partial charge in [0, 0.05) is 25.4 Å². The molecule has 0 aromatic rings. The summed E-state index contributed by atoms with van der Waals surface area (Å²) < 4.78 is 0. The second-order valence-corrected chi connectivity index (χ2v) is 2.49. The van der Waals surface area contributed by atoms with Crippen molar-refractivity contribution >= 4 is 5.91 Å². The summed E-state index contributed by atoms with van der Waals surface area (Å²) in [6.45, 7) is 2.35. The molecule has 0 saturated carbocycles. The Morgan fingerprint density at radius 1 is 1.82 bits per heavy atom. The maximum absolute atomic E-state index is 10.8. The van der Waals surface area contributed by atoms with E-state index in [0.29, 0.717) is 19.4 Å². The number of carbonyl (C=O) groups is 1. The average Bonchev–Trinajstić information content (AvgIpc) is 1.97. The number of hydrogen-bond acceptors (Lipinski definition) is 2. The molecule has 0 radical (unpaired) electrons. The standard InChI is InChI=1S/C8H14N2O/c1-3-4-5-8(11)10-6-7(2)9/h1,7H,4-6,9H2,2H3,(H,10,11). The quantitative estimate of drug-likeness (QED) is 0.554. The molecule has 0 aliphatic carbocycles. The van der Waals surface area contributed by atoms with Crippen molar-refractivity contribution in [1.29, 1.82) is 0 Å². The van der Waals surface area contributed by atoms with Crippen molar-refractivity contribution in [3.63, 3.8) is 0 Å². The summed E-state index contributed by atoms with van der Waals surface area (Å²) >= 11 is 0. The number of nitrogens with two attached hydrogens (primary N) is 1. The Bertz CT molecular complexity index is 158. The molecule has 1 unspecified atom stereocenters. The topological polar surface area (TPSA) is 55.1 Å². The molecule has 0 spiro atoms. The Morgan fingerprint density at radius 2 is 2.45 bits per heavy atom. The summed E-state index contributed by atoms with van der Waals surface area (Å²) in [6, 6.07) is 0.00443. The molecule has 62 valence electrons. The predicted molar refractivity (Wildman–Crippen MR) is 44.7 cm³/mol. The van der Waals surface area contributed by atoms with E-state index >= 15 is 0 Å². The van der Waals surface area contributed by atoms with Gasteiger partial charge in [-0.3, -0.25) is 4.79 Å². The fourth-order valence-corrected chi connectivity index (χ4v) is 0.549. The van der Waals surface area contributed by atoms with E-state index in [4.69, 9.17) is 12.2 Å². The van der Waals surface area contributed by atoms with Crippen LogP contribution in [0.25, 0.3) is 0 Å². The first-order chi connectivity index (χ1) is 5.16. The third-order valence-corrected chi connectivity index (χ3v) is 1.12. The second kappa shape index (κ2) is 5.75. The molecule has 0 fully saturated rings. The molecule has 1 amide bonds. The number of amides is 1. The fourth-order valence-electron chi connectivity index (χ4n) is 0.549. The van der Waals surface area contributed by atoms with Crippen molar-refractivity contribution in [3.8, 4) is 12.3 Å². The van der Waals surface area contributed by atoms with E-state index < -0.39 is 0 Å². The Labute approximate surface area is 67.3 Å². The highest BCUT2D eigenvalue weighted by Crippen LogP contribution is 1.85. The van der Waals surface area contributed by atoms with E-state index in [2.05, 4.69) is 11.2 Å². The predicted octanol–water partition coefficient (Wildman–Crippen LogP) is -0.137. The minimum Gasteiger partial charge on any atom is -0.355 e. The Morgan fingerprint density at radius 3 is 2.91 bits per heavy atom. The first-order valence-electron chi connectivity index (χ1n) is 3.62. The zero-order valence-corrected chi connectivity index (χ0v) is 6.76. The van der Waals surface area contributed by atoms with E-state index in [-0.39, 0.29) is 11.9 Å². The van der Waals surface area contributed by atoms with Crippen LogP contribution in [0.15, 0.2) is 0 Å². The van der Waals surface area contributed by atoms with E-state index in [9.17, 15) is 4.79 Å². The van der Waals surface area contributed by atoms with Crippen LogP contribution in [0.4, 0.5) is 0 Å². The van der Waals surface area contributed by atoms with Gasteiger partial charge in [0.1, 0.15) is 0 Å². The molecular formula is C8H14N2O. The third-order valence-electron chi connectivity index (χ3n) is 1.12. The van der Waals surface area contributed by atoms with Crippen LogP contribution in [0.5, 0.6) is 0 Å². The van der Waals surface area contributed by atoms with Gasteiger partial charge in [0.15, 0.2) is 0 Å². The summed E-state index contributed by atoms with van der Waals surface area (Å²) in [4.78, 5) is 10.8.